The lowest BCUT2D eigenvalue weighted by Gasteiger charge is -2.15. The zero-order chi connectivity index (χ0) is 21.7. The first-order valence-corrected chi connectivity index (χ1v) is 10.9. The molecule has 156 valence electrons. The molecule has 3 rings (SSSR count). The minimum absolute atomic E-state index is 0.00507. The topological polar surface area (TPSA) is 118 Å². The molecule has 0 aliphatic heterocycles. The Morgan fingerprint density at radius 1 is 0.933 bits per heavy atom. The second-order valence-corrected chi connectivity index (χ2v) is 8.56. The van der Waals surface area contributed by atoms with Crippen molar-refractivity contribution in [2.75, 3.05) is 6.54 Å². The summed E-state index contributed by atoms with van der Waals surface area (Å²) < 4.78 is 22.6. The van der Waals surface area contributed by atoms with Gasteiger partial charge in [-0.1, -0.05) is 54.6 Å². The Morgan fingerprint density at radius 2 is 1.60 bits per heavy atom. The van der Waals surface area contributed by atoms with Gasteiger partial charge >= 0.3 is 0 Å². The highest BCUT2D eigenvalue weighted by molar-refractivity contribution is 7.89. The van der Waals surface area contributed by atoms with Crippen LogP contribution in [0.2, 0.25) is 0 Å². The molecule has 0 heterocycles. The highest BCUT2D eigenvalue weighted by atomic mass is 32.2. The largest absolute Gasteiger partial charge is 0.348 e. The number of benzene rings is 3. The van der Waals surface area contributed by atoms with E-state index in [4.69, 9.17) is 5.14 Å². The SMILES string of the molecule is CC(NC(=O)CNC(=O)Cc1cccc2ccccc12)c1ccc(S(N)(=O)=O)cc1. The molecule has 0 radical (unpaired) electrons. The van der Waals surface area contributed by atoms with Gasteiger partial charge in [0.05, 0.1) is 23.9 Å². The van der Waals surface area contributed by atoms with E-state index in [1.807, 2.05) is 42.5 Å². The molecule has 4 N–H and O–H groups in total. The first-order chi connectivity index (χ1) is 14.2. The summed E-state index contributed by atoms with van der Waals surface area (Å²) in [6.07, 6.45) is 0.180. The van der Waals surface area contributed by atoms with Gasteiger partial charge in [0.25, 0.3) is 0 Å². The van der Waals surface area contributed by atoms with Gasteiger partial charge in [-0.3, -0.25) is 9.59 Å². The highest BCUT2D eigenvalue weighted by Crippen LogP contribution is 2.19. The highest BCUT2D eigenvalue weighted by Gasteiger charge is 2.13. The molecule has 7 nitrogen and oxygen atoms in total. The second kappa shape index (κ2) is 9.06. The summed E-state index contributed by atoms with van der Waals surface area (Å²) in [6.45, 7) is 1.62. The van der Waals surface area contributed by atoms with Crippen molar-refractivity contribution in [2.24, 2.45) is 5.14 Å². The number of hydrogen-bond acceptors (Lipinski definition) is 4. The summed E-state index contributed by atoms with van der Waals surface area (Å²) in [5, 5.41) is 12.6. The molecule has 1 atom stereocenters. The number of carbonyl (C=O) groups excluding carboxylic acids is 2. The monoisotopic (exact) mass is 425 g/mol. The van der Waals surface area contributed by atoms with Gasteiger partial charge in [0.15, 0.2) is 0 Å². The number of nitrogens with two attached hydrogens (primary N) is 1. The van der Waals surface area contributed by atoms with E-state index in [0.717, 1.165) is 21.9 Å². The molecule has 1 unspecified atom stereocenters. The molecule has 0 aliphatic rings. The molecule has 0 aliphatic carbocycles. The van der Waals surface area contributed by atoms with Crippen molar-refractivity contribution >= 4 is 32.6 Å². The van der Waals surface area contributed by atoms with Crippen molar-refractivity contribution in [3.63, 3.8) is 0 Å². The van der Waals surface area contributed by atoms with Crippen LogP contribution in [0.5, 0.6) is 0 Å². The molecule has 0 spiro atoms. The van der Waals surface area contributed by atoms with Gasteiger partial charge in [0.1, 0.15) is 0 Å². The van der Waals surface area contributed by atoms with Gasteiger partial charge in [-0.2, -0.15) is 0 Å². The molecule has 3 aromatic carbocycles. The first-order valence-electron chi connectivity index (χ1n) is 9.39. The zero-order valence-electron chi connectivity index (χ0n) is 16.5. The Morgan fingerprint density at radius 3 is 2.30 bits per heavy atom. The fraction of sp³-hybridized carbons (Fsp3) is 0.182. The predicted octanol–water partition coefficient (Wildman–Crippen LogP) is 2.02. The van der Waals surface area contributed by atoms with E-state index in [1.54, 1.807) is 19.1 Å². The lowest BCUT2D eigenvalue weighted by atomic mass is 10.0. The van der Waals surface area contributed by atoms with Crippen LogP contribution in [0.25, 0.3) is 10.8 Å². The number of primary sulfonamides is 1. The van der Waals surface area contributed by atoms with E-state index < -0.39 is 10.0 Å². The van der Waals surface area contributed by atoms with E-state index >= 15 is 0 Å². The minimum Gasteiger partial charge on any atom is -0.348 e. The number of carbonyl (C=O) groups is 2. The maximum Gasteiger partial charge on any atom is 0.239 e. The quantitative estimate of drug-likeness (QED) is 0.537. The molecule has 0 saturated heterocycles. The Bertz CT molecular complexity index is 1170. The van der Waals surface area contributed by atoms with E-state index in [-0.39, 0.29) is 35.7 Å². The van der Waals surface area contributed by atoms with Crippen LogP contribution in [-0.2, 0) is 26.0 Å². The fourth-order valence-electron chi connectivity index (χ4n) is 3.18. The maximum absolute atomic E-state index is 12.3. The van der Waals surface area contributed by atoms with Crippen molar-refractivity contribution in [2.45, 2.75) is 24.3 Å². The molecule has 3 aromatic rings. The summed E-state index contributed by atoms with van der Waals surface area (Å²) in [6, 6.07) is 19.2. The van der Waals surface area contributed by atoms with Crippen LogP contribution in [-0.4, -0.2) is 26.8 Å². The van der Waals surface area contributed by atoms with Crippen molar-refractivity contribution in [1.29, 1.82) is 0 Å². The van der Waals surface area contributed by atoms with Crippen LogP contribution in [0.4, 0.5) is 0 Å². The van der Waals surface area contributed by atoms with Gasteiger partial charge in [-0.15, -0.1) is 0 Å². The third-order valence-electron chi connectivity index (χ3n) is 4.76. The van der Waals surface area contributed by atoms with Crippen molar-refractivity contribution in [3.8, 4) is 0 Å². The Balaban J connectivity index is 1.53. The van der Waals surface area contributed by atoms with Crippen molar-refractivity contribution < 1.29 is 18.0 Å². The van der Waals surface area contributed by atoms with Gasteiger partial charge < -0.3 is 10.6 Å². The summed E-state index contributed by atoms with van der Waals surface area (Å²) in [4.78, 5) is 24.5. The Labute approximate surface area is 175 Å². The van der Waals surface area contributed by atoms with Crippen molar-refractivity contribution in [1.82, 2.24) is 10.6 Å². The van der Waals surface area contributed by atoms with Crippen molar-refractivity contribution in [3.05, 3.63) is 77.9 Å². The lowest BCUT2D eigenvalue weighted by molar-refractivity contribution is -0.126. The molecule has 8 heteroatoms. The molecule has 30 heavy (non-hydrogen) atoms. The average molecular weight is 426 g/mol. The maximum atomic E-state index is 12.3. The number of amides is 2. The number of sulfonamides is 1. The van der Waals surface area contributed by atoms with Crippen LogP contribution < -0.4 is 15.8 Å². The van der Waals surface area contributed by atoms with Crippen LogP contribution in [0.1, 0.15) is 24.1 Å². The molecule has 0 aromatic heterocycles. The summed E-state index contributed by atoms with van der Waals surface area (Å²) in [5.41, 5.74) is 1.62. The molecular weight excluding hydrogens is 402 g/mol. The number of rotatable bonds is 7. The average Bonchev–Trinajstić information content (AvgIpc) is 2.72. The summed E-state index contributed by atoms with van der Waals surface area (Å²) >= 11 is 0. The van der Waals surface area contributed by atoms with E-state index in [2.05, 4.69) is 10.6 Å². The van der Waals surface area contributed by atoms with Gasteiger partial charge in [-0.05, 0) is 41.0 Å². The zero-order valence-corrected chi connectivity index (χ0v) is 17.3. The van der Waals surface area contributed by atoms with Gasteiger partial charge in [-0.25, -0.2) is 13.6 Å². The third-order valence-corrected chi connectivity index (χ3v) is 5.69. The molecule has 0 bridgehead atoms. The Kier molecular flexibility index (Phi) is 6.49. The number of fused-ring (bicyclic) bond motifs is 1. The molecule has 0 fully saturated rings. The van der Waals surface area contributed by atoms with E-state index in [1.165, 1.54) is 12.1 Å². The number of nitrogens with one attached hydrogen (secondary N) is 2. The molecule has 2 amide bonds. The smallest absolute Gasteiger partial charge is 0.239 e. The standard InChI is InChI=1S/C22H23N3O4S/c1-15(16-9-11-19(12-10-16)30(23,28)29)25-22(27)14-24-21(26)13-18-7-4-6-17-5-2-3-8-20(17)18/h2-12,15H,13-14H2,1H3,(H,24,26)(H,25,27)(H2,23,28,29). The van der Waals surface area contributed by atoms with E-state index in [9.17, 15) is 18.0 Å². The number of hydrogen-bond donors (Lipinski definition) is 3. The predicted molar refractivity (Wildman–Crippen MR) is 115 cm³/mol. The molecular formula is C22H23N3O4S. The van der Waals surface area contributed by atoms with Gasteiger partial charge in [0, 0.05) is 0 Å². The summed E-state index contributed by atoms with van der Waals surface area (Å²) in [7, 11) is -3.76. The van der Waals surface area contributed by atoms with E-state index in [0.29, 0.717) is 0 Å². The van der Waals surface area contributed by atoms with Gasteiger partial charge in [0.2, 0.25) is 21.8 Å². The minimum atomic E-state index is -3.76. The van der Waals surface area contributed by atoms with Crippen LogP contribution >= 0.6 is 0 Å². The second-order valence-electron chi connectivity index (χ2n) is 7.00. The van der Waals surface area contributed by atoms with Crippen LogP contribution in [0.3, 0.4) is 0 Å². The summed E-state index contributed by atoms with van der Waals surface area (Å²) in [5.74, 6) is -0.587. The fourth-order valence-corrected chi connectivity index (χ4v) is 3.70. The normalized spacial score (nSPS) is 12.3. The Hall–Kier alpha value is -3.23. The first kappa shape index (κ1) is 21.5. The van der Waals surface area contributed by atoms with Crippen LogP contribution in [0, 0.1) is 0 Å². The van der Waals surface area contributed by atoms with Crippen LogP contribution in [0.15, 0.2) is 71.6 Å². The third kappa shape index (κ3) is 5.43. The lowest BCUT2D eigenvalue weighted by Crippen LogP contribution is -2.38. The molecule has 0 saturated carbocycles.